The second-order valence-electron chi connectivity index (χ2n) is 5.95. The Kier molecular flexibility index (Phi) is 18.2. The third kappa shape index (κ3) is 21.5. The predicted octanol–water partition coefficient (Wildman–Crippen LogP) is 4.65. The van der Waals surface area contributed by atoms with Crippen LogP contribution in [-0.2, 0) is 13.6 Å². The third-order valence-electron chi connectivity index (χ3n) is 3.54. The average Bonchev–Trinajstić information content (AvgIpc) is 2.70. The zero-order chi connectivity index (χ0) is 21.5. The monoisotopic (exact) mass is 410 g/mol. The van der Waals surface area contributed by atoms with Crippen molar-refractivity contribution in [2.45, 2.75) is 71.1 Å². The van der Waals surface area contributed by atoms with Crippen LogP contribution in [0.2, 0.25) is 0 Å². The Hall–Kier alpha value is -2.69. The molecular formula is C24H27O4P. The molecule has 0 rings (SSSR count). The van der Waals surface area contributed by atoms with Crippen molar-refractivity contribution < 1.29 is 18.5 Å². The number of phosphoric ester groups is 1. The standard InChI is InChI=1S/C24H27O4P/c1-3-5-7-9-11-13-15-17-19-21-23-27-29(25,26)28-24-22-20-18-16-14-12-10-8-6-4-2/h1H,4,6,8,10,12,14,16,18,20,22,24H2,2H3,(H,25,26). The normalized spacial score (nSPS) is 10.4. The van der Waals surface area contributed by atoms with Gasteiger partial charge in [-0.2, -0.15) is 0 Å². The molecule has 4 nitrogen and oxygen atoms in total. The minimum Gasteiger partial charge on any atom is -0.349 e. The summed E-state index contributed by atoms with van der Waals surface area (Å²) in [6.07, 6.45) is 18.7. The number of phosphoric acid groups is 1. The Balaban J connectivity index is 3.83. The fraction of sp³-hybridized carbons (Fsp3) is 0.500. The van der Waals surface area contributed by atoms with E-state index < -0.39 is 7.82 Å². The minimum absolute atomic E-state index is 0.157. The van der Waals surface area contributed by atoms with Gasteiger partial charge in [-0.1, -0.05) is 64.7 Å². The van der Waals surface area contributed by atoms with Gasteiger partial charge in [-0.3, -0.25) is 9.42 Å². The number of unbranched alkanes of at least 4 members (excludes halogenated alkanes) is 9. The van der Waals surface area contributed by atoms with E-state index >= 15 is 0 Å². The molecule has 0 fully saturated rings. The first-order valence-electron chi connectivity index (χ1n) is 9.74. The van der Waals surface area contributed by atoms with Crippen molar-refractivity contribution >= 4 is 7.82 Å². The zero-order valence-corrected chi connectivity index (χ0v) is 17.9. The number of rotatable bonds is 13. The molecule has 1 unspecified atom stereocenters. The van der Waals surface area contributed by atoms with Crippen LogP contribution in [0.1, 0.15) is 71.1 Å². The third-order valence-corrected chi connectivity index (χ3v) is 4.37. The van der Waals surface area contributed by atoms with Crippen LogP contribution in [0.15, 0.2) is 0 Å². The molecule has 0 heterocycles. The van der Waals surface area contributed by atoms with E-state index in [1.807, 2.05) is 6.11 Å². The van der Waals surface area contributed by atoms with Crippen LogP contribution in [0.4, 0.5) is 0 Å². The largest absolute Gasteiger partial charge is 0.535 e. The van der Waals surface area contributed by atoms with Crippen LogP contribution >= 0.6 is 7.82 Å². The van der Waals surface area contributed by atoms with Gasteiger partial charge in [-0.25, -0.2) is 4.57 Å². The SMILES string of the molecule is C#CC#CC#CC#CC#CC#COP(=O)(O)OCCCCCCCCCCCC. The highest BCUT2D eigenvalue weighted by Crippen LogP contribution is 2.42. The van der Waals surface area contributed by atoms with E-state index in [-0.39, 0.29) is 6.61 Å². The smallest absolute Gasteiger partial charge is 0.349 e. The summed E-state index contributed by atoms with van der Waals surface area (Å²) in [5.74, 6) is 23.5. The lowest BCUT2D eigenvalue weighted by atomic mass is 10.1. The molecule has 0 saturated carbocycles. The van der Waals surface area contributed by atoms with E-state index in [4.69, 9.17) is 10.9 Å². The second-order valence-corrected chi connectivity index (χ2v) is 7.32. The Bertz CT molecular complexity index is 855. The molecule has 152 valence electrons. The Morgan fingerprint density at radius 1 is 0.724 bits per heavy atom. The quantitative estimate of drug-likeness (QED) is 0.273. The van der Waals surface area contributed by atoms with E-state index in [2.05, 4.69) is 70.7 Å². The molecule has 0 aliphatic rings. The molecule has 0 amide bonds. The molecule has 0 aromatic rings. The van der Waals surface area contributed by atoms with Gasteiger partial charge in [-0.05, 0) is 36.0 Å². The predicted molar refractivity (Wildman–Crippen MR) is 116 cm³/mol. The van der Waals surface area contributed by atoms with Crippen LogP contribution in [0.25, 0.3) is 0 Å². The maximum Gasteiger partial charge on any atom is 0.535 e. The fourth-order valence-electron chi connectivity index (χ4n) is 2.16. The molecule has 1 atom stereocenters. The molecule has 0 aromatic heterocycles. The summed E-state index contributed by atoms with van der Waals surface area (Å²) in [4.78, 5) is 9.49. The summed E-state index contributed by atoms with van der Waals surface area (Å²) in [5.41, 5.74) is 0. The maximum absolute atomic E-state index is 11.6. The highest BCUT2D eigenvalue weighted by Gasteiger charge is 2.20. The Morgan fingerprint density at radius 3 is 1.69 bits per heavy atom. The van der Waals surface area contributed by atoms with Gasteiger partial charge in [0, 0.05) is 29.6 Å². The summed E-state index contributed by atoms with van der Waals surface area (Å²) in [6.45, 7) is 2.37. The first-order chi connectivity index (χ1) is 14.1. The van der Waals surface area contributed by atoms with Crippen LogP contribution in [0.3, 0.4) is 0 Å². The van der Waals surface area contributed by atoms with E-state index in [9.17, 15) is 9.46 Å². The van der Waals surface area contributed by atoms with Crippen LogP contribution < -0.4 is 0 Å². The molecule has 0 spiro atoms. The number of hydrogen-bond donors (Lipinski definition) is 1. The van der Waals surface area contributed by atoms with Gasteiger partial charge in [-0.15, -0.1) is 6.42 Å². The molecule has 0 aliphatic carbocycles. The van der Waals surface area contributed by atoms with E-state index in [1.54, 1.807) is 0 Å². The zero-order valence-electron chi connectivity index (χ0n) is 17.0. The summed E-state index contributed by atoms with van der Waals surface area (Å²) in [5, 5.41) is 0. The molecule has 0 aromatic carbocycles. The molecular weight excluding hydrogens is 383 g/mol. The second kappa shape index (κ2) is 20.1. The van der Waals surface area contributed by atoms with Crippen molar-refractivity contribution in [2.24, 2.45) is 0 Å². The maximum atomic E-state index is 11.6. The molecule has 29 heavy (non-hydrogen) atoms. The molecule has 0 saturated heterocycles. The summed E-state index contributed by atoms with van der Waals surface area (Å²) in [7, 11) is -4.18. The molecule has 0 bridgehead atoms. The van der Waals surface area contributed by atoms with Gasteiger partial charge in [0.25, 0.3) is 0 Å². The average molecular weight is 410 g/mol. The highest BCUT2D eigenvalue weighted by molar-refractivity contribution is 7.47. The molecule has 0 aliphatic heterocycles. The number of hydrogen-bond acceptors (Lipinski definition) is 3. The highest BCUT2D eigenvalue weighted by atomic mass is 31.2. The van der Waals surface area contributed by atoms with Gasteiger partial charge >= 0.3 is 7.82 Å². The lowest BCUT2D eigenvalue weighted by Gasteiger charge is -2.08. The summed E-state index contributed by atoms with van der Waals surface area (Å²) < 4.78 is 21.0. The number of terminal acetylenes is 1. The first kappa shape index (κ1) is 26.3. The van der Waals surface area contributed by atoms with Gasteiger partial charge in [0.1, 0.15) is 6.11 Å². The lowest BCUT2D eigenvalue weighted by molar-refractivity contribution is 0.190. The summed E-state index contributed by atoms with van der Waals surface area (Å²) in [6, 6.07) is 0. The Morgan fingerprint density at radius 2 is 1.17 bits per heavy atom. The van der Waals surface area contributed by atoms with Gasteiger partial charge in [0.15, 0.2) is 0 Å². The van der Waals surface area contributed by atoms with Crippen molar-refractivity contribution in [1.82, 2.24) is 0 Å². The van der Waals surface area contributed by atoms with Crippen molar-refractivity contribution in [3.8, 4) is 71.7 Å². The lowest BCUT2D eigenvalue weighted by Crippen LogP contribution is -1.94. The minimum atomic E-state index is -4.18. The first-order valence-corrected chi connectivity index (χ1v) is 11.2. The van der Waals surface area contributed by atoms with Crippen LogP contribution in [0.5, 0.6) is 0 Å². The summed E-state index contributed by atoms with van der Waals surface area (Å²) >= 11 is 0. The van der Waals surface area contributed by atoms with Crippen molar-refractivity contribution in [3.63, 3.8) is 0 Å². The van der Waals surface area contributed by atoms with Crippen LogP contribution in [-0.4, -0.2) is 11.5 Å². The van der Waals surface area contributed by atoms with E-state index in [0.717, 1.165) is 12.8 Å². The van der Waals surface area contributed by atoms with Crippen molar-refractivity contribution in [1.29, 1.82) is 0 Å². The topological polar surface area (TPSA) is 55.8 Å². The van der Waals surface area contributed by atoms with Crippen molar-refractivity contribution in [3.05, 3.63) is 0 Å². The van der Waals surface area contributed by atoms with Crippen molar-refractivity contribution in [2.75, 3.05) is 6.61 Å². The van der Waals surface area contributed by atoms with E-state index in [0.29, 0.717) is 6.42 Å². The molecule has 5 heteroatoms. The molecule has 0 radical (unpaired) electrons. The van der Waals surface area contributed by atoms with Gasteiger partial charge in [0.05, 0.1) is 6.61 Å². The van der Waals surface area contributed by atoms with Crippen LogP contribution in [0, 0.1) is 71.7 Å². The Labute approximate surface area is 176 Å². The fourth-order valence-corrected chi connectivity index (χ4v) is 2.73. The van der Waals surface area contributed by atoms with Gasteiger partial charge in [0.2, 0.25) is 0 Å². The van der Waals surface area contributed by atoms with Gasteiger partial charge < -0.3 is 4.52 Å². The van der Waals surface area contributed by atoms with E-state index in [1.165, 1.54) is 44.9 Å². The molecule has 1 N–H and O–H groups in total.